The molecule has 108 valence electrons. The summed E-state index contributed by atoms with van der Waals surface area (Å²) in [4.78, 5) is 15.9. The van der Waals surface area contributed by atoms with E-state index < -0.39 is 0 Å². The second-order valence-electron chi connectivity index (χ2n) is 4.19. The van der Waals surface area contributed by atoms with Crippen LogP contribution in [0.25, 0.3) is 11.1 Å². The van der Waals surface area contributed by atoms with Crippen molar-refractivity contribution in [2.45, 2.75) is 11.6 Å². The number of methoxy groups -OCH3 is 1. The van der Waals surface area contributed by atoms with Gasteiger partial charge < -0.3 is 20.2 Å². The second kappa shape index (κ2) is 7.16. The number of aromatic nitrogens is 1. The Kier molecular flexibility index (Phi) is 5.25. The van der Waals surface area contributed by atoms with Gasteiger partial charge in [-0.2, -0.15) is 0 Å². The number of ether oxygens (including phenoxy) is 1. The lowest BCUT2D eigenvalue weighted by Crippen LogP contribution is -2.26. The summed E-state index contributed by atoms with van der Waals surface area (Å²) in [7, 11) is 1.64. The lowest BCUT2D eigenvalue weighted by atomic mass is 10.3. The average Bonchev–Trinajstić information content (AvgIpc) is 2.83. The molecule has 0 unspecified atom stereocenters. The molecule has 20 heavy (non-hydrogen) atoms. The van der Waals surface area contributed by atoms with Crippen molar-refractivity contribution < 1.29 is 13.9 Å². The number of fused-ring (bicyclic) bond motifs is 1. The van der Waals surface area contributed by atoms with Crippen LogP contribution in [0.15, 0.2) is 27.8 Å². The van der Waals surface area contributed by atoms with Gasteiger partial charge in [0, 0.05) is 25.9 Å². The van der Waals surface area contributed by atoms with Gasteiger partial charge in [0.15, 0.2) is 5.58 Å². The zero-order valence-electron chi connectivity index (χ0n) is 11.2. The van der Waals surface area contributed by atoms with E-state index in [2.05, 4.69) is 10.3 Å². The molecular formula is C13H17N3O3S. The molecule has 0 aliphatic heterocycles. The van der Waals surface area contributed by atoms with Crippen molar-refractivity contribution in [3.05, 3.63) is 18.2 Å². The van der Waals surface area contributed by atoms with Gasteiger partial charge in [0.05, 0.1) is 5.75 Å². The molecule has 7 heteroatoms. The van der Waals surface area contributed by atoms with Gasteiger partial charge in [0.1, 0.15) is 5.52 Å². The number of anilines is 1. The van der Waals surface area contributed by atoms with E-state index in [4.69, 9.17) is 14.9 Å². The minimum atomic E-state index is -0.0483. The summed E-state index contributed by atoms with van der Waals surface area (Å²) in [6, 6.07) is 5.27. The number of carbonyl (C=O) groups is 1. The van der Waals surface area contributed by atoms with Crippen molar-refractivity contribution in [1.29, 1.82) is 0 Å². The first kappa shape index (κ1) is 14.7. The van der Waals surface area contributed by atoms with E-state index in [0.29, 0.717) is 35.2 Å². The van der Waals surface area contributed by atoms with E-state index in [9.17, 15) is 4.79 Å². The van der Waals surface area contributed by atoms with Crippen LogP contribution in [0.2, 0.25) is 0 Å². The SMILES string of the molecule is COCCCNC(=O)CSc1nc2cc(N)ccc2o1. The number of hydrogen-bond donors (Lipinski definition) is 2. The van der Waals surface area contributed by atoms with Gasteiger partial charge in [-0.1, -0.05) is 11.8 Å². The van der Waals surface area contributed by atoms with E-state index in [0.717, 1.165) is 6.42 Å². The Labute approximate surface area is 121 Å². The van der Waals surface area contributed by atoms with Gasteiger partial charge in [-0.3, -0.25) is 4.79 Å². The summed E-state index contributed by atoms with van der Waals surface area (Å²) in [5.74, 6) is 0.225. The fraction of sp³-hybridized carbons (Fsp3) is 0.385. The first-order valence-corrected chi connectivity index (χ1v) is 7.22. The molecule has 1 aromatic carbocycles. The number of rotatable bonds is 7. The van der Waals surface area contributed by atoms with Crippen LogP contribution in [0.3, 0.4) is 0 Å². The molecule has 2 rings (SSSR count). The smallest absolute Gasteiger partial charge is 0.257 e. The molecule has 0 atom stereocenters. The maximum Gasteiger partial charge on any atom is 0.257 e. The second-order valence-corrected chi connectivity index (χ2v) is 5.12. The van der Waals surface area contributed by atoms with Gasteiger partial charge >= 0.3 is 0 Å². The van der Waals surface area contributed by atoms with Gasteiger partial charge in [0.2, 0.25) is 5.91 Å². The van der Waals surface area contributed by atoms with Gasteiger partial charge in [0.25, 0.3) is 5.22 Å². The van der Waals surface area contributed by atoms with E-state index in [-0.39, 0.29) is 11.7 Å². The van der Waals surface area contributed by atoms with Crippen molar-refractivity contribution in [1.82, 2.24) is 10.3 Å². The van der Waals surface area contributed by atoms with Crippen molar-refractivity contribution in [3.8, 4) is 0 Å². The van der Waals surface area contributed by atoms with Crippen molar-refractivity contribution in [2.24, 2.45) is 0 Å². The summed E-state index contributed by atoms with van der Waals surface area (Å²) in [6.45, 7) is 1.25. The molecule has 0 aliphatic carbocycles. The molecule has 0 radical (unpaired) electrons. The maximum absolute atomic E-state index is 11.6. The first-order valence-electron chi connectivity index (χ1n) is 6.23. The third-order valence-corrected chi connectivity index (χ3v) is 3.39. The third kappa shape index (κ3) is 4.14. The number of nitrogen functional groups attached to an aromatic ring is 1. The molecular weight excluding hydrogens is 278 g/mol. The zero-order valence-corrected chi connectivity index (χ0v) is 12.0. The minimum absolute atomic E-state index is 0.0483. The van der Waals surface area contributed by atoms with Crippen LogP contribution < -0.4 is 11.1 Å². The third-order valence-electron chi connectivity index (χ3n) is 2.57. The summed E-state index contributed by atoms with van der Waals surface area (Å²) < 4.78 is 10.4. The summed E-state index contributed by atoms with van der Waals surface area (Å²) in [6.07, 6.45) is 0.801. The predicted octanol–water partition coefficient (Wildman–Crippen LogP) is 1.65. The maximum atomic E-state index is 11.6. The predicted molar refractivity (Wildman–Crippen MR) is 78.6 cm³/mol. The topological polar surface area (TPSA) is 90.4 Å². The molecule has 2 aromatic rings. The normalized spacial score (nSPS) is 10.8. The van der Waals surface area contributed by atoms with Crippen LogP contribution in [-0.4, -0.2) is 36.9 Å². The molecule has 1 heterocycles. The number of oxazole rings is 1. The Bertz CT molecular complexity index is 585. The summed E-state index contributed by atoms with van der Waals surface area (Å²) in [5, 5.41) is 3.27. The number of hydrogen-bond acceptors (Lipinski definition) is 6. The van der Waals surface area contributed by atoms with E-state index in [1.54, 1.807) is 25.3 Å². The molecule has 1 amide bonds. The van der Waals surface area contributed by atoms with Crippen molar-refractivity contribution >= 4 is 34.5 Å². The highest BCUT2D eigenvalue weighted by Gasteiger charge is 2.09. The number of thioether (sulfide) groups is 1. The Morgan fingerprint density at radius 1 is 1.55 bits per heavy atom. The number of nitrogens with two attached hydrogens (primary N) is 1. The van der Waals surface area contributed by atoms with Crippen LogP contribution in [0.4, 0.5) is 5.69 Å². The average molecular weight is 295 g/mol. The number of benzene rings is 1. The molecule has 0 aliphatic rings. The van der Waals surface area contributed by atoms with Gasteiger partial charge in [-0.15, -0.1) is 0 Å². The Balaban J connectivity index is 1.81. The highest BCUT2D eigenvalue weighted by Crippen LogP contribution is 2.24. The minimum Gasteiger partial charge on any atom is -0.431 e. The lowest BCUT2D eigenvalue weighted by molar-refractivity contribution is -0.118. The number of amides is 1. The van der Waals surface area contributed by atoms with Crippen LogP contribution in [0, 0.1) is 0 Å². The van der Waals surface area contributed by atoms with Crippen LogP contribution in [0.1, 0.15) is 6.42 Å². The van der Waals surface area contributed by atoms with Crippen molar-refractivity contribution in [2.75, 3.05) is 31.7 Å². The van der Waals surface area contributed by atoms with E-state index >= 15 is 0 Å². The molecule has 1 aromatic heterocycles. The summed E-state index contributed by atoms with van der Waals surface area (Å²) in [5.41, 5.74) is 7.68. The standard InChI is InChI=1S/C13H17N3O3S/c1-18-6-2-5-15-12(17)8-20-13-16-10-7-9(14)3-4-11(10)19-13/h3-4,7H,2,5-6,8,14H2,1H3,(H,15,17). The largest absolute Gasteiger partial charge is 0.431 e. The van der Waals surface area contributed by atoms with Crippen LogP contribution in [0.5, 0.6) is 0 Å². The monoisotopic (exact) mass is 295 g/mol. The first-order chi connectivity index (χ1) is 9.69. The fourth-order valence-corrected chi connectivity index (χ4v) is 2.28. The van der Waals surface area contributed by atoms with Gasteiger partial charge in [-0.25, -0.2) is 4.98 Å². The Morgan fingerprint density at radius 2 is 2.40 bits per heavy atom. The fourth-order valence-electron chi connectivity index (χ4n) is 1.61. The molecule has 0 bridgehead atoms. The quantitative estimate of drug-likeness (QED) is 0.458. The van der Waals surface area contributed by atoms with Crippen LogP contribution >= 0.6 is 11.8 Å². The molecule has 3 N–H and O–H groups in total. The Hall–Kier alpha value is -1.73. The van der Waals surface area contributed by atoms with E-state index in [1.165, 1.54) is 11.8 Å². The summed E-state index contributed by atoms with van der Waals surface area (Å²) >= 11 is 1.26. The number of nitrogens with one attached hydrogen (secondary N) is 1. The molecule has 0 fully saturated rings. The Morgan fingerprint density at radius 3 is 3.20 bits per heavy atom. The lowest BCUT2D eigenvalue weighted by Gasteiger charge is -2.02. The highest BCUT2D eigenvalue weighted by molar-refractivity contribution is 7.99. The zero-order chi connectivity index (χ0) is 14.4. The molecule has 6 nitrogen and oxygen atoms in total. The number of carbonyl (C=O) groups excluding carboxylic acids is 1. The molecule has 0 spiro atoms. The van der Waals surface area contributed by atoms with Gasteiger partial charge in [-0.05, 0) is 24.6 Å². The number of nitrogens with zero attached hydrogens (tertiary/aromatic N) is 1. The van der Waals surface area contributed by atoms with Crippen molar-refractivity contribution in [3.63, 3.8) is 0 Å². The molecule has 0 saturated heterocycles. The molecule has 0 saturated carbocycles. The highest BCUT2D eigenvalue weighted by atomic mass is 32.2. The van der Waals surface area contributed by atoms with E-state index in [1.807, 2.05) is 0 Å². The van der Waals surface area contributed by atoms with Crippen LogP contribution in [-0.2, 0) is 9.53 Å².